The molecule has 3 aromatic rings. The van der Waals surface area contributed by atoms with E-state index in [2.05, 4.69) is 22.8 Å². The van der Waals surface area contributed by atoms with Crippen molar-refractivity contribution in [2.24, 2.45) is 0 Å². The maximum Gasteiger partial charge on any atom is 0.407 e. The largest absolute Gasteiger partial charge is 0.478 e. The molecular weight excluding hydrogens is 396 g/mol. The Bertz CT molecular complexity index is 1100. The van der Waals surface area contributed by atoms with Gasteiger partial charge in [0.05, 0.1) is 5.56 Å². The summed E-state index contributed by atoms with van der Waals surface area (Å²) in [4.78, 5) is 35.0. The van der Waals surface area contributed by atoms with Gasteiger partial charge in [-0.05, 0) is 46.5 Å². The van der Waals surface area contributed by atoms with Crippen LogP contribution >= 0.6 is 0 Å². The predicted octanol–water partition coefficient (Wildman–Crippen LogP) is 3.86. The van der Waals surface area contributed by atoms with E-state index in [1.165, 1.54) is 24.3 Å². The van der Waals surface area contributed by atoms with Crippen LogP contribution in [0.1, 0.15) is 27.4 Å². The van der Waals surface area contributed by atoms with Crippen molar-refractivity contribution >= 4 is 23.7 Å². The van der Waals surface area contributed by atoms with Crippen molar-refractivity contribution < 1.29 is 24.2 Å². The molecular formula is C24H20N2O5. The minimum atomic E-state index is -1.05. The van der Waals surface area contributed by atoms with E-state index < -0.39 is 18.0 Å². The van der Waals surface area contributed by atoms with Crippen LogP contribution in [0.25, 0.3) is 11.1 Å². The summed E-state index contributed by atoms with van der Waals surface area (Å²) >= 11 is 0. The van der Waals surface area contributed by atoms with Gasteiger partial charge >= 0.3 is 12.1 Å². The average Bonchev–Trinajstić information content (AvgIpc) is 3.10. The fourth-order valence-corrected chi connectivity index (χ4v) is 3.70. The molecule has 0 atom stereocenters. The molecule has 3 N–H and O–H groups in total. The second-order valence-corrected chi connectivity index (χ2v) is 7.11. The second-order valence-electron chi connectivity index (χ2n) is 7.11. The summed E-state index contributed by atoms with van der Waals surface area (Å²) in [5.74, 6) is -1.55. The lowest BCUT2D eigenvalue weighted by Gasteiger charge is -2.14. The first-order valence-corrected chi connectivity index (χ1v) is 9.75. The van der Waals surface area contributed by atoms with Crippen LogP contribution in [0, 0.1) is 0 Å². The second kappa shape index (κ2) is 8.71. The third-order valence-electron chi connectivity index (χ3n) is 5.15. The Kier molecular flexibility index (Phi) is 5.66. The maximum absolute atomic E-state index is 12.1. The van der Waals surface area contributed by atoms with Crippen LogP contribution in [-0.2, 0) is 9.53 Å². The van der Waals surface area contributed by atoms with Crippen molar-refractivity contribution in [1.82, 2.24) is 5.32 Å². The van der Waals surface area contributed by atoms with Crippen LogP contribution in [0.15, 0.2) is 72.8 Å². The van der Waals surface area contributed by atoms with Crippen LogP contribution in [-0.4, -0.2) is 36.2 Å². The lowest BCUT2D eigenvalue weighted by molar-refractivity contribution is -0.115. The number of alkyl carbamates (subject to hydrolysis) is 1. The van der Waals surface area contributed by atoms with Crippen LogP contribution in [0.5, 0.6) is 0 Å². The highest BCUT2D eigenvalue weighted by atomic mass is 16.5. The first kappa shape index (κ1) is 20.2. The molecule has 1 aliphatic carbocycles. The van der Waals surface area contributed by atoms with E-state index in [1.54, 1.807) is 0 Å². The van der Waals surface area contributed by atoms with Gasteiger partial charge in [-0.3, -0.25) is 4.79 Å². The zero-order valence-corrected chi connectivity index (χ0v) is 16.5. The Morgan fingerprint density at radius 2 is 1.42 bits per heavy atom. The number of aromatic carboxylic acids is 1. The zero-order chi connectivity index (χ0) is 21.8. The average molecular weight is 416 g/mol. The number of hydrogen-bond acceptors (Lipinski definition) is 4. The number of rotatable bonds is 6. The van der Waals surface area contributed by atoms with Crippen molar-refractivity contribution in [3.05, 3.63) is 89.5 Å². The van der Waals surface area contributed by atoms with Gasteiger partial charge in [-0.25, -0.2) is 9.59 Å². The van der Waals surface area contributed by atoms with E-state index >= 15 is 0 Å². The third kappa shape index (κ3) is 4.40. The highest BCUT2D eigenvalue weighted by Gasteiger charge is 2.29. The summed E-state index contributed by atoms with van der Waals surface area (Å²) in [6, 6.07) is 21.8. The molecule has 0 radical (unpaired) electrons. The normalized spacial score (nSPS) is 11.9. The summed E-state index contributed by atoms with van der Waals surface area (Å²) in [5.41, 5.74) is 5.05. The monoisotopic (exact) mass is 416 g/mol. The highest BCUT2D eigenvalue weighted by Crippen LogP contribution is 2.44. The van der Waals surface area contributed by atoms with E-state index in [0.717, 1.165) is 22.3 Å². The summed E-state index contributed by atoms with van der Waals surface area (Å²) in [5, 5.41) is 13.9. The minimum absolute atomic E-state index is 0.0558. The molecule has 4 rings (SSSR count). The van der Waals surface area contributed by atoms with E-state index in [9.17, 15) is 14.4 Å². The highest BCUT2D eigenvalue weighted by molar-refractivity contribution is 5.94. The Labute approximate surface area is 178 Å². The fourth-order valence-electron chi connectivity index (χ4n) is 3.70. The molecule has 2 amide bonds. The Hall–Kier alpha value is -4.13. The first-order valence-electron chi connectivity index (χ1n) is 9.75. The lowest BCUT2D eigenvalue weighted by atomic mass is 9.98. The number of fused-ring (bicyclic) bond motifs is 3. The number of hydrogen-bond donors (Lipinski definition) is 3. The van der Waals surface area contributed by atoms with Crippen LogP contribution in [0.3, 0.4) is 0 Å². The van der Waals surface area contributed by atoms with Gasteiger partial charge in [-0.1, -0.05) is 48.5 Å². The number of carbonyl (C=O) groups is 3. The number of carbonyl (C=O) groups excluding carboxylic acids is 2. The van der Waals surface area contributed by atoms with Gasteiger partial charge < -0.3 is 20.5 Å². The number of nitrogens with one attached hydrogen (secondary N) is 2. The van der Waals surface area contributed by atoms with Crippen LogP contribution in [0.2, 0.25) is 0 Å². The number of anilines is 1. The van der Waals surface area contributed by atoms with E-state index in [-0.39, 0.29) is 24.6 Å². The Balaban J connectivity index is 1.30. The number of ether oxygens (including phenoxy) is 1. The summed E-state index contributed by atoms with van der Waals surface area (Å²) in [6.07, 6.45) is -0.682. The lowest BCUT2D eigenvalue weighted by Crippen LogP contribution is -2.33. The molecule has 0 bridgehead atoms. The number of carboxylic acids is 1. The third-order valence-corrected chi connectivity index (χ3v) is 5.15. The molecule has 3 aromatic carbocycles. The molecule has 0 saturated carbocycles. The summed E-state index contributed by atoms with van der Waals surface area (Å²) in [6.45, 7) is -0.102. The molecule has 0 spiro atoms. The Morgan fingerprint density at radius 3 is 2.00 bits per heavy atom. The van der Waals surface area contributed by atoms with Crippen LogP contribution in [0.4, 0.5) is 10.5 Å². The molecule has 156 valence electrons. The minimum Gasteiger partial charge on any atom is -0.478 e. The molecule has 7 nitrogen and oxygen atoms in total. The summed E-state index contributed by atoms with van der Waals surface area (Å²) in [7, 11) is 0. The predicted molar refractivity (Wildman–Crippen MR) is 115 cm³/mol. The maximum atomic E-state index is 12.1. The van der Waals surface area contributed by atoms with Gasteiger partial charge in [0.2, 0.25) is 5.91 Å². The number of carboxylic acid groups (broad SMARTS) is 1. The van der Waals surface area contributed by atoms with Crippen molar-refractivity contribution in [2.45, 2.75) is 5.92 Å². The smallest absolute Gasteiger partial charge is 0.407 e. The molecule has 1 aliphatic rings. The van der Waals surface area contributed by atoms with Gasteiger partial charge in [-0.15, -0.1) is 0 Å². The zero-order valence-electron chi connectivity index (χ0n) is 16.5. The van der Waals surface area contributed by atoms with Crippen molar-refractivity contribution in [2.75, 3.05) is 18.5 Å². The van der Waals surface area contributed by atoms with Gasteiger partial charge in [0.15, 0.2) is 0 Å². The van der Waals surface area contributed by atoms with Crippen LogP contribution < -0.4 is 10.6 Å². The molecule has 0 aromatic heterocycles. The van der Waals surface area contributed by atoms with E-state index in [1.807, 2.05) is 36.4 Å². The van der Waals surface area contributed by atoms with Crippen molar-refractivity contribution in [3.8, 4) is 11.1 Å². The van der Waals surface area contributed by atoms with Crippen molar-refractivity contribution in [1.29, 1.82) is 0 Å². The SMILES string of the molecule is O=C(CNC(=O)OCC1c2ccccc2-c2ccccc21)Nc1ccc(C(=O)O)cc1. The van der Waals surface area contributed by atoms with E-state index in [0.29, 0.717) is 5.69 Å². The molecule has 0 fully saturated rings. The molecule has 0 unspecified atom stereocenters. The number of amides is 2. The summed E-state index contributed by atoms with van der Waals surface area (Å²) < 4.78 is 5.39. The van der Waals surface area contributed by atoms with Gasteiger partial charge in [0, 0.05) is 11.6 Å². The fraction of sp³-hybridized carbons (Fsp3) is 0.125. The quantitative estimate of drug-likeness (QED) is 0.566. The van der Waals surface area contributed by atoms with Gasteiger partial charge in [-0.2, -0.15) is 0 Å². The van der Waals surface area contributed by atoms with E-state index in [4.69, 9.17) is 9.84 Å². The molecule has 7 heteroatoms. The molecule has 0 aliphatic heterocycles. The Morgan fingerprint density at radius 1 is 0.839 bits per heavy atom. The molecule has 31 heavy (non-hydrogen) atoms. The first-order chi connectivity index (χ1) is 15.0. The topological polar surface area (TPSA) is 105 Å². The molecule has 0 saturated heterocycles. The van der Waals surface area contributed by atoms with Gasteiger partial charge in [0.1, 0.15) is 13.2 Å². The molecule has 0 heterocycles. The van der Waals surface area contributed by atoms with Crippen molar-refractivity contribution in [3.63, 3.8) is 0 Å². The number of benzene rings is 3. The standard InChI is InChI=1S/C24H20N2O5/c27-22(26-16-11-9-15(10-12-16)23(28)29)13-25-24(30)31-14-21-19-7-3-1-5-17(19)18-6-2-4-8-20(18)21/h1-12,21H,13-14H2,(H,25,30)(H,26,27)(H,28,29). The van der Waals surface area contributed by atoms with Gasteiger partial charge in [0.25, 0.3) is 0 Å².